The summed E-state index contributed by atoms with van der Waals surface area (Å²) in [7, 11) is -2.83. The first-order valence-electron chi connectivity index (χ1n) is 8.45. The van der Waals surface area contributed by atoms with Crippen molar-refractivity contribution in [1.82, 2.24) is 0 Å². The minimum absolute atomic E-state index is 0.0106. The molecule has 0 amide bonds. The summed E-state index contributed by atoms with van der Waals surface area (Å²) in [4.78, 5) is 12.8. The third-order valence-electron chi connectivity index (χ3n) is 4.59. The van der Waals surface area contributed by atoms with Crippen LogP contribution in [0.2, 0.25) is 5.02 Å². The highest BCUT2D eigenvalue weighted by Crippen LogP contribution is 2.57. The van der Waals surface area contributed by atoms with Gasteiger partial charge >= 0.3 is 0 Å². The van der Waals surface area contributed by atoms with Gasteiger partial charge in [-0.3, -0.25) is 4.79 Å². The van der Waals surface area contributed by atoms with E-state index in [1.165, 1.54) is 0 Å². The Kier molecular flexibility index (Phi) is 5.76. The molecular weight excluding hydrogens is 363 g/mol. The Balaban J connectivity index is 2.01. The maximum Gasteiger partial charge on any atom is 0.163 e. The lowest BCUT2D eigenvalue weighted by atomic mass is 10.0. The second-order valence-corrected chi connectivity index (χ2v) is 9.94. The van der Waals surface area contributed by atoms with E-state index in [2.05, 4.69) is 0 Å². The minimum Gasteiger partial charge on any atom is -0.318 e. The summed E-state index contributed by atoms with van der Waals surface area (Å²) in [5.41, 5.74) is 1.11. The number of rotatable bonds is 6. The van der Waals surface area contributed by atoms with E-state index in [0.29, 0.717) is 10.6 Å². The van der Waals surface area contributed by atoms with Gasteiger partial charge in [0.2, 0.25) is 0 Å². The first kappa shape index (κ1) is 18.6. The number of benzene rings is 3. The molecule has 0 aliphatic rings. The van der Waals surface area contributed by atoms with Crippen LogP contribution in [0.3, 0.4) is 0 Å². The molecule has 0 saturated heterocycles. The first-order valence-corrected chi connectivity index (χ1v) is 11.0. The van der Waals surface area contributed by atoms with Crippen LogP contribution in [0.15, 0.2) is 84.9 Å². The maximum atomic E-state index is 13.8. The fourth-order valence-electron chi connectivity index (χ4n) is 3.08. The Morgan fingerprint density at radius 3 is 2.00 bits per heavy atom. The Bertz CT molecular complexity index is 921. The van der Waals surface area contributed by atoms with Crippen LogP contribution in [0, 0.1) is 0 Å². The van der Waals surface area contributed by atoms with Crippen molar-refractivity contribution in [3.05, 3.63) is 101 Å². The van der Waals surface area contributed by atoms with Crippen LogP contribution in [0.1, 0.15) is 28.0 Å². The van der Waals surface area contributed by atoms with Gasteiger partial charge in [0.15, 0.2) is 5.78 Å². The molecule has 0 heterocycles. The van der Waals surface area contributed by atoms with Crippen molar-refractivity contribution < 1.29 is 9.36 Å². The van der Waals surface area contributed by atoms with Crippen molar-refractivity contribution in [3.8, 4) is 0 Å². The predicted octanol–water partition coefficient (Wildman–Crippen LogP) is 5.97. The number of ketones is 1. The van der Waals surface area contributed by atoms with Gasteiger partial charge in [0.1, 0.15) is 7.14 Å². The summed E-state index contributed by atoms with van der Waals surface area (Å²) >= 11 is 6.01. The molecule has 0 aliphatic carbocycles. The van der Waals surface area contributed by atoms with E-state index in [1.54, 1.807) is 30.9 Å². The molecule has 3 aromatic rings. The number of Topliss-reactive ketones (excluding diaryl/α,β-unsaturated/α-hetero) is 1. The van der Waals surface area contributed by atoms with Gasteiger partial charge in [-0.25, -0.2) is 0 Å². The molecule has 4 heteroatoms. The molecule has 0 saturated carbocycles. The molecule has 26 heavy (non-hydrogen) atoms. The molecule has 1 unspecified atom stereocenters. The number of hydrogen-bond acceptors (Lipinski definition) is 2. The minimum atomic E-state index is -2.83. The van der Waals surface area contributed by atoms with E-state index in [9.17, 15) is 9.36 Å². The summed E-state index contributed by atoms with van der Waals surface area (Å²) in [5.74, 6) is -0.0106. The van der Waals surface area contributed by atoms with E-state index in [-0.39, 0.29) is 12.2 Å². The fraction of sp³-hybridized carbons (Fsp3) is 0.136. The zero-order valence-corrected chi connectivity index (χ0v) is 16.2. The van der Waals surface area contributed by atoms with Crippen LogP contribution in [0.25, 0.3) is 0 Å². The van der Waals surface area contributed by atoms with E-state index in [4.69, 9.17) is 11.6 Å². The van der Waals surface area contributed by atoms with Crippen molar-refractivity contribution >= 4 is 29.8 Å². The molecule has 3 aromatic carbocycles. The van der Waals surface area contributed by atoms with E-state index in [0.717, 1.165) is 10.9 Å². The van der Waals surface area contributed by atoms with Gasteiger partial charge in [-0.05, 0) is 24.4 Å². The number of carbonyl (C=O) groups is 1. The Morgan fingerprint density at radius 2 is 1.42 bits per heavy atom. The molecule has 0 bridgehead atoms. The van der Waals surface area contributed by atoms with Crippen molar-refractivity contribution in [3.63, 3.8) is 0 Å². The molecule has 132 valence electrons. The summed E-state index contributed by atoms with van der Waals surface area (Å²) < 4.78 is 13.8. The van der Waals surface area contributed by atoms with Crippen LogP contribution in [0.4, 0.5) is 0 Å². The normalized spacial score (nSPS) is 14.4. The second-order valence-electron chi connectivity index (χ2n) is 6.39. The largest absolute Gasteiger partial charge is 0.318 e. The highest BCUT2D eigenvalue weighted by Gasteiger charge is 2.33. The van der Waals surface area contributed by atoms with Gasteiger partial charge in [0.25, 0.3) is 0 Å². The number of hydrogen-bond donors (Lipinski definition) is 0. The maximum absolute atomic E-state index is 13.8. The average molecular weight is 383 g/mol. The van der Waals surface area contributed by atoms with Crippen LogP contribution < -0.4 is 5.30 Å². The average Bonchev–Trinajstić information content (AvgIpc) is 2.68. The third-order valence-corrected chi connectivity index (χ3v) is 7.84. The molecule has 0 aromatic heterocycles. The zero-order valence-electron chi connectivity index (χ0n) is 14.5. The van der Waals surface area contributed by atoms with E-state index >= 15 is 0 Å². The molecule has 0 fully saturated rings. The number of halogens is 1. The van der Waals surface area contributed by atoms with Crippen molar-refractivity contribution in [2.45, 2.75) is 12.1 Å². The molecule has 2 atom stereocenters. The van der Waals surface area contributed by atoms with Gasteiger partial charge in [-0.1, -0.05) is 84.4 Å². The number of carbonyl (C=O) groups excluding carboxylic acids is 1. The zero-order chi connectivity index (χ0) is 18.6. The Labute approximate surface area is 159 Å². The summed E-state index contributed by atoms with van der Waals surface area (Å²) in [6.45, 7) is 1.76. The SMILES string of the molecule is CP(=O)(c1ccccc1)[C@@H](CC(=O)c1ccccc1)c1ccc(Cl)cc1. The van der Waals surface area contributed by atoms with Gasteiger partial charge in [-0.15, -0.1) is 0 Å². The summed E-state index contributed by atoms with van der Waals surface area (Å²) in [6, 6.07) is 25.8. The predicted molar refractivity (Wildman–Crippen MR) is 109 cm³/mol. The van der Waals surface area contributed by atoms with Crippen LogP contribution >= 0.6 is 18.7 Å². The molecule has 0 aliphatic heterocycles. The standard InChI is InChI=1S/C22H20ClO2P/c1-26(25,20-10-6-3-7-11-20)22(18-12-14-19(23)15-13-18)16-21(24)17-8-4-2-5-9-17/h2-15,22H,16H2,1H3/t22-,26?/m0/s1. The van der Waals surface area contributed by atoms with Crippen molar-refractivity contribution in [1.29, 1.82) is 0 Å². The molecule has 0 spiro atoms. The van der Waals surface area contributed by atoms with Crippen LogP contribution in [-0.4, -0.2) is 12.4 Å². The van der Waals surface area contributed by atoms with Gasteiger partial charge in [0, 0.05) is 28.0 Å². The lowest BCUT2D eigenvalue weighted by Gasteiger charge is -2.25. The van der Waals surface area contributed by atoms with Crippen LogP contribution in [-0.2, 0) is 4.57 Å². The van der Waals surface area contributed by atoms with Crippen LogP contribution in [0.5, 0.6) is 0 Å². The summed E-state index contributed by atoms with van der Waals surface area (Å²) in [5, 5.41) is 1.40. The lowest BCUT2D eigenvalue weighted by Crippen LogP contribution is -2.15. The molecule has 0 N–H and O–H groups in total. The van der Waals surface area contributed by atoms with Crippen molar-refractivity contribution in [2.75, 3.05) is 6.66 Å². The molecule has 2 nitrogen and oxygen atoms in total. The lowest BCUT2D eigenvalue weighted by molar-refractivity contribution is 0.0981. The Hall–Kier alpha value is -2.15. The quantitative estimate of drug-likeness (QED) is 0.388. The third kappa shape index (κ3) is 4.15. The Morgan fingerprint density at radius 1 is 0.885 bits per heavy atom. The highest BCUT2D eigenvalue weighted by atomic mass is 35.5. The fourth-order valence-corrected chi connectivity index (χ4v) is 5.59. The smallest absolute Gasteiger partial charge is 0.163 e. The van der Waals surface area contributed by atoms with Gasteiger partial charge < -0.3 is 4.57 Å². The van der Waals surface area contributed by atoms with E-state index < -0.39 is 12.8 Å². The van der Waals surface area contributed by atoms with Crippen molar-refractivity contribution in [2.24, 2.45) is 0 Å². The molecule has 3 rings (SSSR count). The topological polar surface area (TPSA) is 34.1 Å². The first-order chi connectivity index (χ1) is 12.5. The van der Waals surface area contributed by atoms with Gasteiger partial charge in [0.05, 0.1) is 0 Å². The highest BCUT2D eigenvalue weighted by molar-refractivity contribution is 7.71. The second kappa shape index (κ2) is 8.03. The monoisotopic (exact) mass is 382 g/mol. The molecular formula is C22H20ClO2P. The van der Waals surface area contributed by atoms with Gasteiger partial charge in [-0.2, -0.15) is 0 Å². The molecule has 0 radical (unpaired) electrons. The van der Waals surface area contributed by atoms with E-state index in [1.807, 2.05) is 60.7 Å². The summed E-state index contributed by atoms with van der Waals surface area (Å²) in [6.07, 6.45) is 0.189.